The maximum Gasteiger partial charge on any atom is 0.401 e. The molecule has 0 radical (unpaired) electrons. The van der Waals surface area contributed by atoms with Gasteiger partial charge in [0, 0.05) is 6.04 Å². The number of hydrogen-bond donors (Lipinski definition) is 1. The van der Waals surface area contributed by atoms with E-state index in [0.717, 1.165) is 12.8 Å². The van der Waals surface area contributed by atoms with Crippen LogP contribution in [0.2, 0.25) is 0 Å². The molecule has 0 atom stereocenters. The van der Waals surface area contributed by atoms with Crippen LogP contribution in [0, 0.1) is 0 Å². The van der Waals surface area contributed by atoms with E-state index in [-0.39, 0.29) is 6.04 Å². The maximum absolute atomic E-state index is 11.6. The minimum Gasteiger partial charge on any atom is -0.306 e. The van der Waals surface area contributed by atoms with Crippen LogP contribution in [-0.2, 0) is 0 Å². The summed E-state index contributed by atoms with van der Waals surface area (Å²) in [6.07, 6.45) is -2.60. The van der Waals surface area contributed by atoms with E-state index in [1.165, 1.54) is 0 Å². The summed E-state index contributed by atoms with van der Waals surface area (Å²) in [5, 5.41) is 2.43. The maximum atomic E-state index is 11.6. The minimum atomic E-state index is -4.08. The Balaban J connectivity index is 3.51. The third-order valence-electron chi connectivity index (χ3n) is 1.58. The van der Waals surface area contributed by atoms with Crippen LogP contribution in [0.5, 0.6) is 0 Å². The summed E-state index contributed by atoms with van der Waals surface area (Å²) < 4.78 is 34.9. The van der Waals surface area contributed by atoms with Crippen LogP contribution < -0.4 is 5.32 Å². The molecule has 0 aromatic heterocycles. The molecule has 0 spiro atoms. The lowest BCUT2D eigenvalue weighted by atomic mass is 10.2. The molecule has 0 aromatic carbocycles. The van der Waals surface area contributed by atoms with Crippen LogP contribution in [0.25, 0.3) is 0 Å². The zero-order chi connectivity index (χ0) is 8.91. The van der Waals surface area contributed by atoms with Gasteiger partial charge in [-0.2, -0.15) is 13.2 Å². The van der Waals surface area contributed by atoms with Gasteiger partial charge in [0.25, 0.3) is 0 Å². The lowest BCUT2D eigenvalue weighted by Crippen LogP contribution is -2.36. The fraction of sp³-hybridized carbons (Fsp3) is 1.00. The molecule has 68 valence electrons. The summed E-state index contributed by atoms with van der Waals surface area (Å²) in [7, 11) is 0. The first-order chi connectivity index (χ1) is 4.99. The van der Waals surface area contributed by atoms with Gasteiger partial charge < -0.3 is 5.32 Å². The fourth-order valence-corrected chi connectivity index (χ4v) is 0.837. The van der Waals surface area contributed by atoms with Gasteiger partial charge in [-0.1, -0.05) is 13.8 Å². The molecule has 0 saturated carbocycles. The van der Waals surface area contributed by atoms with E-state index in [9.17, 15) is 13.2 Å². The average Bonchev–Trinajstić information content (AvgIpc) is 1.88. The monoisotopic (exact) mass is 169 g/mol. The van der Waals surface area contributed by atoms with Gasteiger partial charge in [0.2, 0.25) is 0 Å². The Morgan fingerprint density at radius 1 is 1.18 bits per heavy atom. The molecule has 0 rings (SSSR count). The van der Waals surface area contributed by atoms with Crippen molar-refractivity contribution in [2.24, 2.45) is 0 Å². The Bertz CT molecular complexity index is 96.3. The van der Waals surface area contributed by atoms with Crippen molar-refractivity contribution in [3.05, 3.63) is 0 Å². The van der Waals surface area contributed by atoms with E-state index in [4.69, 9.17) is 0 Å². The van der Waals surface area contributed by atoms with Crippen molar-refractivity contribution >= 4 is 0 Å². The molecule has 1 nitrogen and oxygen atoms in total. The number of alkyl halides is 3. The summed E-state index contributed by atoms with van der Waals surface area (Å²) in [5.74, 6) is 0. The van der Waals surface area contributed by atoms with Gasteiger partial charge in [-0.25, -0.2) is 0 Å². The van der Waals surface area contributed by atoms with Crippen molar-refractivity contribution < 1.29 is 13.2 Å². The highest BCUT2D eigenvalue weighted by Gasteiger charge is 2.27. The molecule has 0 aliphatic rings. The summed E-state index contributed by atoms with van der Waals surface area (Å²) >= 11 is 0. The predicted molar refractivity (Wildman–Crippen MR) is 38.4 cm³/mol. The highest BCUT2D eigenvalue weighted by molar-refractivity contribution is 4.65. The van der Waals surface area contributed by atoms with Crippen molar-refractivity contribution in [1.29, 1.82) is 0 Å². The topological polar surface area (TPSA) is 12.0 Å². The molecule has 0 aliphatic heterocycles. The van der Waals surface area contributed by atoms with Crippen LogP contribution >= 0.6 is 0 Å². The first kappa shape index (κ1) is 10.8. The molecule has 0 fully saturated rings. The minimum absolute atomic E-state index is 0.00312. The Labute approximate surface area is 65.0 Å². The van der Waals surface area contributed by atoms with E-state index < -0.39 is 12.7 Å². The molecule has 0 heterocycles. The van der Waals surface area contributed by atoms with E-state index >= 15 is 0 Å². The van der Waals surface area contributed by atoms with E-state index in [1.54, 1.807) is 0 Å². The van der Waals surface area contributed by atoms with Crippen molar-refractivity contribution in [3.63, 3.8) is 0 Å². The molecule has 0 amide bonds. The van der Waals surface area contributed by atoms with E-state index in [0.29, 0.717) is 0 Å². The van der Waals surface area contributed by atoms with Crippen molar-refractivity contribution in [2.75, 3.05) is 6.54 Å². The average molecular weight is 169 g/mol. The second-order valence-electron chi connectivity index (χ2n) is 2.51. The molecule has 4 heteroatoms. The van der Waals surface area contributed by atoms with Gasteiger partial charge in [0.15, 0.2) is 0 Å². The second kappa shape index (κ2) is 4.59. The second-order valence-corrected chi connectivity index (χ2v) is 2.51. The Morgan fingerprint density at radius 2 is 1.64 bits per heavy atom. The van der Waals surface area contributed by atoms with Crippen LogP contribution in [0.15, 0.2) is 0 Å². The SMILES string of the molecule is CCC(CC)NCC(F)(F)F. The highest BCUT2D eigenvalue weighted by atomic mass is 19.4. The lowest BCUT2D eigenvalue weighted by Gasteiger charge is -2.15. The molecule has 1 N–H and O–H groups in total. The van der Waals surface area contributed by atoms with Crippen LogP contribution in [0.4, 0.5) is 13.2 Å². The third-order valence-corrected chi connectivity index (χ3v) is 1.58. The number of hydrogen-bond acceptors (Lipinski definition) is 1. The van der Waals surface area contributed by atoms with Gasteiger partial charge in [0.1, 0.15) is 0 Å². The normalized spacial score (nSPS) is 12.5. The van der Waals surface area contributed by atoms with Gasteiger partial charge in [0.05, 0.1) is 6.54 Å². The lowest BCUT2D eigenvalue weighted by molar-refractivity contribution is -0.126. The molecule has 0 aliphatic carbocycles. The van der Waals surface area contributed by atoms with E-state index in [2.05, 4.69) is 5.32 Å². The largest absolute Gasteiger partial charge is 0.401 e. The highest BCUT2D eigenvalue weighted by Crippen LogP contribution is 2.13. The molecule has 11 heavy (non-hydrogen) atoms. The van der Waals surface area contributed by atoms with Gasteiger partial charge in [-0.15, -0.1) is 0 Å². The molecule has 0 bridgehead atoms. The Kier molecular flexibility index (Phi) is 4.49. The van der Waals surface area contributed by atoms with Crippen LogP contribution in [-0.4, -0.2) is 18.8 Å². The fourth-order valence-electron chi connectivity index (χ4n) is 0.837. The first-order valence-electron chi connectivity index (χ1n) is 3.79. The number of rotatable bonds is 4. The van der Waals surface area contributed by atoms with E-state index in [1.807, 2.05) is 13.8 Å². The number of nitrogens with one attached hydrogen (secondary N) is 1. The molecule has 0 saturated heterocycles. The van der Waals surface area contributed by atoms with Crippen molar-refractivity contribution in [1.82, 2.24) is 5.32 Å². The standard InChI is InChI=1S/C7H14F3N/c1-3-6(4-2)11-5-7(8,9)10/h6,11H,3-5H2,1-2H3. The first-order valence-corrected chi connectivity index (χ1v) is 3.79. The Morgan fingerprint density at radius 3 is 1.91 bits per heavy atom. The van der Waals surface area contributed by atoms with Gasteiger partial charge >= 0.3 is 6.18 Å². The predicted octanol–water partition coefficient (Wildman–Crippen LogP) is 2.33. The van der Waals surface area contributed by atoms with Gasteiger partial charge in [-0.05, 0) is 12.8 Å². The summed E-state index contributed by atoms with van der Waals surface area (Å²) in [4.78, 5) is 0. The zero-order valence-corrected chi connectivity index (χ0v) is 6.83. The van der Waals surface area contributed by atoms with Gasteiger partial charge in [-0.3, -0.25) is 0 Å². The number of halogens is 3. The third kappa shape index (κ3) is 6.16. The summed E-state index contributed by atoms with van der Waals surface area (Å²) in [6, 6.07) is -0.00312. The Hall–Kier alpha value is -0.250. The summed E-state index contributed by atoms with van der Waals surface area (Å²) in [6.45, 7) is 2.87. The van der Waals surface area contributed by atoms with Crippen molar-refractivity contribution in [2.45, 2.75) is 38.9 Å². The van der Waals surface area contributed by atoms with Crippen LogP contribution in [0.3, 0.4) is 0 Å². The molecule has 0 unspecified atom stereocenters. The van der Waals surface area contributed by atoms with Crippen molar-refractivity contribution in [3.8, 4) is 0 Å². The molecular weight excluding hydrogens is 155 g/mol. The molecular formula is C7H14F3N. The summed E-state index contributed by atoms with van der Waals surface area (Å²) in [5.41, 5.74) is 0. The smallest absolute Gasteiger partial charge is 0.306 e. The zero-order valence-electron chi connectivity index (χ0n) is 6.83. The molecule has 0 aromatic rings. The quantitative estimate of drug-likeness (QED) is 0.681. The van der Waals surface area contributed by atoms with Crippen LogP contribution in [0.1, 0.15) is 26.7 Å².